The lowest BCUT2D eigenvalue weighted by atomic mass is 9.95. The number of hydrogen-bond acceptors (Lipinski definition) is 4. The van der Waals surface area contributed by atoms with Crippen LogP contribution in [0.15, 0.2) is 48.5 Å². The summed E-state index contributed by atoms with van der Waals surface area (Å²) in [7, 11) is 3.42. The largest absolute Gasteiger partial charge is 0.497 e. The van der Waals surface area contributed by atoms with Gasteiger partial charge < -0.3 is 20.1 Å². The summed E-state index contributed by atoms with van der Waals surface area (Å²) in [5.41, 5.74) is 2.42. The van der Waals surface area contributed by atoms with Gasteiger partial charge in [0.15, 0.2) is 0 Å². The summed E-state index contributed by atoms with van der Waals surface area (Å²) >= 11 is 0. The zero-order chi connectivity index (χ0) is 16.8. The van der Waals surface area contributed by atoms with Crippen LogP contribution in [0, 0.1) is 0 Å². The van der Waals surface area contributed by atoms with E-state index in [1.165, 1.54) is 11.1 Å². The lowest BCUT2D eigenvalue weighted by Gasteiger charge is -2.30. The Balaban J connectivity index is 1.92. The summed E-state index contributed by atoms with van der Waals surface area (Å²) < 4.78 is 10.8. The summed E-state index contributed by atoms with van der Waals surface area (Å²) in [4.78, 5) is 0. The molecule has 0 amide bonds. The first kappa shape index (κ1) is 16.8. The minimum absolute atomic E-state index is 0.123. The lowest BCUT2D eigenvalue weighted by molar-refractivity contribution is 0.365. The molecule has 1 saturated heterocycles. The van der Waals surface area contributed by atoms with Crippen LogP contribution < -0.4 is 20.1 Å². The maximum absolute atomic E-state index is 5.41. The number of benzene rings is 2. The van der Waals surface area contributed by atoms with E-state index >= 15 is 0 Å². The van der Waals surface area contributed by atoms with Gasteiger partial charge in [-0.2, -0.15) is 0 Å². The van der Waals surface area contributed by atoms with Crippen molar-refractivity contribution in [2.45, 2.75) is 24.9 Å². The molecule has 3 rings (SSSR count). The molecule has 128 valence electrons. The SMILES string of the molecule is COc1cccc(C(NC2CCNCC2)c2cccc(OC)c2)c1. The van der Waals surface area contributed by atoms with Crippen molar-refractivity contribution >= 4 is 0 Å². The van der Waals surface area contributed by atoms with Crippen molar-refractivity contribution in [3.05, 3.63) is 59.7 Å². The molecule has 0 aliphatic carbocycles. The Morgan fingerprint density at radius 1 is 0.917 bits per heavy atom. The normalized spacial score (nSPS) is 15.5. The van der Waals surface area contributed by atoms with E-state index in [1.807, 2.05) is 24.3 Å². The van der Waals surface area contributed by atoms with Crippen LogP contribution in [-0.2, 0) is 0 Å². The van der Waals surface area contributed by atoms with Crippen molar-refractivity contribution in [1.29, 1.82) is 0 Å². The zero-order valence-corrected chi connectivity index (χ0v) is 14.4. The van der Waals surface area contributed by atoms with Crippen molar-refractivity contribution < 1.29 is 9.47 Å². The molecule has 0 unspecified atom stereocenters. The van der Waals surface area contributed by atoms with Crippen molar-refractivity contribution in [2.24, 2.45) is 0 Å². The van der Waals surface area contributed by atoms with Crippen LogP contribution in [0.3, 0.4) is 0 Å². The molecule has 24 heavy (non-hydrogen) atoms. The van der Waals surface area contributed by atoms with Gasteiger partial charge in [0.1, 0.15) is 11.5 Å². The van der Waals surface area contributed by atoms with Gasteiger partial charge in [0.2, 0.25) is 0 Å². The molecule has 1 heterocycles. The molecule has 4 heteroatoms. The Kier molecular flexibility index (Phi) is 5.72. The van der Waals surface area contributed by atoms with E-state index in [-0.39, 0.29) is 6.04 Å². The molecule has 0 atom stereocenters. The third-order valence-electron chi connectivity index (χ3n) is 4.60. The maximum Gasteiger partial charge on any atom is 0.119 e. The summed E-state index contributed by atoms with van der Waals surface area (Å²) in [6.45, 7) is 2.14. The van der Waals surface area contributed by atoms with Gasteiger partial charge in [-0.1, -0.05) is 24.3 Å². The van der Waals surface area contributed by atoms with Crippen LogP contribution >= 0.6 is 0 Å². The molecule has 1 fully saturated rings. The van der Waals surface area contributed by atoms with Gasteiger partial charge in [0.25, 0.3) is 0 Å². The molecule has 2 aromatic rings. The molecule has 1 aliphatic heterocycles. The van der Waals surface area contributed by atoms with Gasteiger partial charge >= 0.3 is 0 Å². The number of piperidine rings is 1. The Hall–Kier alpha value is -2.04. The topological polar surface area (TPSA) is 42.5 Å². The second-order valence-electron chi connectivity index (χ2n) is 6.18. The third-order valence-corrected chi connectivity index (χ3v) is 4.60. The maximum atomic E-state index is 5.41. The van der Waals surface area contributed by atoms with Crippen LogP contribution in [0.1, 0.15) is 30.0 Å². The Morgan fingerprint density at radius 2 is 1.46 bits per heavy atom. The van der Waals surface area contributed by atoms with E-state index in [2.05, 4.69) is 34.9 Å². The molecule has 2 aromatic carbocycles. The van der Waals surface area contributed by atoms with Gasteiger partial charge in [-0.05, 0) is 61.3 Å². The van der Waals surface area contributed by atoms with Crippen LogP contribution in [0.4, 0.5) is 0 Å². The molecule has 0 radical (unpaired) electrons. The van der Waals surface area contributed by atoms with E-state index in [0.29, 0.717) is 6.04 Å². The van der Waals surface area contributed by atoms with Crippen molar-refractivity contribution in [2.75, 3.05) is 27.3 Å². The molecule has 0 aromatic heterocycles. The highest BCUT2D eigenvalue weighted by Gasteiger charge is 2.21. The molecule has 1 aliphatic rings. The van der Waals surface area contributed by atoms with Crippen LogP contribution in [0.2, 0.25) is 0 Å². The van der Waals surface area contributed by atoms with Crippen LogP contribution in [0.25, 0.3) is 0 Å². The molecule has 0 saturated carbocycles. The van der Waals surface area contributed by atoms with Crippen LogP contribution in [-0.4, -0.2) is 33.4 Å². The lowest BCUT2D eigenvalue weighted by Crippen LogP contribution is -2.41. The highest BCUT2D eigenvalue weighted by Crippen LogP contribution is 2.28. The zero-order valence-electron chi connectivity index (χ0n) is 14.4. The number of hydrogen-bond donors (Lipinski definition) is 2. The predicted octanol–water partition coefficient (Wildman–Crippen LogP) is 3.13. The number of nitrogens with one attached hydrogen (secondary N) is 2. The molecule has 0 bridgehead atoms. The summed E-state index contributed by atoms with van der Waals surface area (Å²) in [5, 5.41) is 7.26. The molecule has 0 spiro atoms. The quantitative estimate of drug-likeness (QED) is 0.856. The molecular weight excluding hydrogens is 300 g/mol. The fourth-order valence-electron chi connectivity index (χ4n) is 3.25. The summed E-state index contributed by atoms with van der Waals surface area (Å²) in [6.07, 6.45) is 2.29. The summed E-state index contributed by atoms with van der Waals surface area (Å²) in [6, 6.07) is 17.2. The second kappa shape index (κ2) is 8.18. The average molecular weight is 326 g/mol. The van der Waals surface area contributed by atoms with E-state index in [4.69, 9.17) is 9.47 Å². The average Bonchev–Trinajstić information content (AvgIpc) is 2.67. The number of rotatable bonds is 6. The van der Waals surface area contributed by atoms with Gasteiger partial charge in [-0.15, -0.1) is 0 Å². The Morgan fingerprint density at radius 3 is 1.96 bits per heavy atom. The predicted molar refractivity (Wildman–Crippen MR) is 96.9 cm³/mol. The minimum atomic E-state index is 0.123. The Bertz CT molecular complexity index is 606. The van der Waals surface area contributed by atoms with Crippen molar-refractivity contribution in [3.8, 4) is 11.5 Å². The van der Waals surface area contributed by atoms with E-state index in [1.54, 1.807) is 14.2 Å². The summed E-state index contributed by atoms with van der Waals surface area (Å²) in [5.74, 6) is 1.76. The van der Waals surface area contributed by atoms with Gasteiger partial charge in [0.05, 0.1) is 20.3 Å². The number of methoxy groups -OCH3 is 2. The van der Waals surface area contributed by atoms with Gasteiger partial charge in [0, 0.05) is 6.04 Å². The van der Waals surface area contributed by atoms with Gasteiger partial charge in [-0.3, -0.25) is 0 Å². The highest BCUT2D eigenvalue weighted by molar-refractivity contribution is 5.39. The first-order valence-corrected chi connectivity index (χ1v) is 8.55. The first-order valence-electron chi connectivity index (χ1n) is 8.55. The fourth-order valence-corrected chi connectivity index (χ4v) is 3.25. The minimum Gasteiger partial charge on any atom is -0.497 e. The molecule has 4 nitrogen and oxygen atoms in total. The second-order valence-corrected chi connectivity index (χ2v) is 6.18. The molecule has 2 N–H and O–H groups in total. The van der Waals surface area contributed by atoms with Gasteiger partial charge in [-0.25, -0.2) is 0 Å². The monoisotopic (exact) mass is 326 g/mol. The fraction of sp³-hybridized carbons (Fsp3) is 0.400. The van der Waals surface area contributed by atoms with Crippen molar-refractivity contribution in [3.63, 3.8) is 0 Å². The smallest absolute Gasteiger partial charge is 0.119 e. The van der Waals surface area contributed by atoms with Crippen molar-refractivity contribution in [1.82, 2.24) is 10.6 Å². The number of ether oxygens (including phenoxy) is 2. The standard InChI is InChI=1S/C20H26N2O2/c1-23-18-7-3-5-15(13-18)20(22-17-9-11-21-12-10-17)16-6-4-8-19(14-16)24-2/h3-8,13-14,17,20-22H,9-12H2,1-2H3. The van der Waals surface area contributed by atoms with E-state index in [9.17, 15) is 0 Å². The first-order chi connectivity index (χ1) is 11.8. The van der Waals surface area contributed by atoms with E-state index in [0.717, 1.165) is 37.4 Å². The van der Waals surface area contributed by atoms with Crippen LogP contribution in [0.5, 0.6) is 11.5 Å². The van der Waals surface area contributed by atoms with E-state index < -0.39 is 0 Å². The Labute approximate surface area is 144 Å². The third kappa shape index (κ3) is 4.08. The highest BCUT2D eigenvalue weighted by atomic mass is 16.5. The molecular formula is C20H26N2O2.